The van der Waals surface area contributed by atoms with E-state index in [0.717, 1.165) is 30.5 Å². The Kier molecular flexibility index (Phi) is 3.87. The van der Waals surface area contributed by atoms with Gasteiger partial charge in [-0.3, -0.25) is 0 Å². The Morgan fingerprint density at radius 1 is 1.14 bits per heavy atom. The first-order valence-corrected chi connectivity index (χ1v) is 8.95. The predicted molar refractivity (Wildman–Crippen MR) is 82.5 cm³/mol. The zero-order valence-corrected chi connectivity index (χ0v) is 13.8. The van der Waals surface area contributed by atoms with Gasteiger partial charge < -0.3 is 0 Å². The van der Waals surface area contributed by atoms with Gasteiger partial charge in [0.2, 0.25) is 9.84 Å². The molecule has 0 fully saturated rings. The minimum absolute atomic E-state index is 0.268. The number of nitrogens with zero attached hydrogens (tertiary/aromatic N) is 1. The second-order valence-electron chi connectivity index (χ2n) is 4.42. The maximum absolute atomic E-state index is 14.2. The van der Waals surface area contributed by atoms with Crippen LogP contribution in [0.15, 0.2) is 57.5 Å². The van der Waals surface area contributed by atoms with Crippen LogP contribution in [0.4, 0.5) is 19.9 Å². The van der Waals surface area contributed by atoms with E-state index in [1.165, 1.54) is 6.07 Å². The fraction of sp³-hybridized carbons (Fsp3) is 0. The van der Waals surface area contributed by atoms with Crippen LogP contribution < -0.4 is 0 Å². The molecule has 0 amide bonds. The third-order valence-corrected chi connectivity index (χ3v) is 5.33. The van der Waals surface area contributed by atoms with E-state index < -0.39 is 31.1 Å². The molecule has 0 N–H and O–H groups in total. The number of hydrogen-bond donors (Lipinski definition) is 0. The van der Waals surface area contributed by atoms with Crippen molar-refractivity contribution in [2.24, 2.45) is 0 Å². The van der Waals surface area contributed by atoms with Gasteiger partial charge in [-0.1, -0.05) is 23.7 Å². The molecule has 0 saturated carbocycles. The smallest absolute Gasteiger partial charge is 0.220 e. The van der Waals surface area contributed by atoms with Gasteiger partial charge in [0.25, 0.3) is 0 Å². The molecule has 0 bridgehead atoms. The molecule has 0 saturated heterocycles. The molecular weight excluding hydrogens is 413 g/mol. The molecule has 1 heterocycles. The van der Waals surface area contributed by atoms with Crippen LogP contribution in [0.2, 0.25) is 0 Å². The Labute approximate surface area is 136 Å². The van der Waals surface area contributed by atoms with Crippen molar-refractivity contribution in [1.82, 2.24) is 4.98 Å². The van der Waals surface area contributed by atoms with Gasteiger partial charge in [0, 0.05) is 10.7 Å². The van der Waals surface area contributed by atoms with Gasteiger partial charge in [0.05, 0.1) is 10.4 Å². The molecule has 9 heteroatoms. The number of benzene rings is 1. The molecule has 0 spiro atoms. The highest BCUT2D eigenvalue weighted by Gasteiger charge is 2.64. The average Bonchev–Trinajstić information content (AvgIpc) is 2.37. The third kappa shape index (κ3) is 3.80. The number of pyridine rings is 1. The molecule has 2 rings (SSSR count). The molecule has 0 unspecified atom stereocenters. The first-order chi connectivity index (χ1) is 9.90. The molecule has 0 aliphatic carbocycles. The van der Waals surface area contributed by atoms with Crippen molar-refractivity contribution in [1.29, 1.82) is 0 Å². The highest BCUT2D eigenvalue weighted by atomic mass is 79.9. The monoisotopic (exact) mass is 419 g/mol. The molecule has 1 aromatic heterocycles. The number of rotatable bonds is 3. The largest absolute Gasteiger partial charge is 0.242 e. The van der Waals surface area contributed by atoms with Crippen LogP contribution in [0.1, 0.15) is 5.56 Å². The Hall–Kier alpha value is -1.12. The first kappa shape index (κ1) is 17.2. The summed E-state index contributed by atoms with van der Waals surface area (Å²) in [6, 6.07) is 5.66. The summed E-state index contributed by atoms with van der Waals surface area (Å²) in [5.74, 6) is -0.783. The zero-order valence-electron chi connectivity index (χ0n) is 10.6. The fourth-order valence-electron chi connectivity index (χ4n) is 1.59. The minimum Gasteiger partial charge on any atom is -0.242 e. The van der Waals surface area contributed by atoms with E-state index in [-0.39, 0.29) is 10.0 Å². The van der Waals surface area contributed by atoms with Crippen molar-refractivity contribution in [3.63, 3.8) is 0 Å². The Bertz CT molecular complexity index is 757. The normalized spacial score (nSPS) is 16.0. The van der Waals surface area contributed by atoms with E-state index >= 15 is 0 Å². The summed E-state index contributed by atoms with van der Waals surface area (Å²) in [4.78, 5) is 3.09. The van der Waals surface area contributed by atoms with Gasteiger partial charge in [-0.25, -0.2) is 9.37 Å². The summed E-state index contributed by atoms with van der Waals surface area (Å²) < 4.78 is 69.9. The molecule has 0 radical (unpaired) electrons. The second kappa shape index (κ2) is 4.94. The molecule has 1 aromatic carbocycles. The van der Waals surface area contributed by atoms with Gasteiger partial charge in [-0.05, 0) is 45.8 Å². The molecule has 0 aliphatic rings. The number of aromatic nitrogens is 1. The fourth-order valence-corrected chi connectivity index (χ4v) is 3.78. The van der Waals surface area contributed by atoms with Crippen molar-refractivity contribution < 1.29 is 19.9 Å². The van der Waals surface area contributed by atoms with E-state index in [0.29, 0.717) is 6.07 Å². The maximum Gasteiger partial charge on any atom is 0.220 e. The molecule has 22 heavy (non-hydrogen) atoms. The van der Waals surface area contributed by atoms with Gasteiger partial charge in [0.1, 0.15) is 5.82 Å². The van der Waals surface area contributed by atoms with Crippen LogP contribution in [0.5, 0.6) is 0 Å². The van der Waals surface area contributed by atoms with E-state index in [1.54, 1.807) is 0 Å². The lowest BCUT2D eigenvalue weighted by molar-refractivity contribution is 0.459. The van der Waals surface area contributed by atoms with Crippen molar-refractivity contribution >= 4 is 42.4 Å². The van der Waals surface area contributed by atoms with Gasteiger partial charge in [-0.2, -0.15) is 0 Å². The standard InChI is InChI=1S/C13H8BrClF5NS/c14-10-4-5-13(21-7-10)22(17,18,19,20)8-12(15)9-2-1-3-11(16)6-9/h1-8H. The molecule has 2 aromatic rings. The Balaban J connectivity index is 2.60. The summed E-state index contributed by atoms with van der Waals surface area (Å²) >= 11 is 8.47. The van der Waals surface area contributed by atoms with E-state index in [4.69, 9.17) is 11.6 Å². The summed E-state index contributed by atoms with van der Waals surface area (Å²) in [7, 11) is -8.84. The van der Waals surface area contributed by atoms with Crippen molar-refractivity contribution in [2.75, 3.05) is 0 Å². The lowest BCUT2D eigenvalue weighted by atomic mass is 10.2. The predicted octanol–water partition coefficient (Wildman–Crippen LogP) is 6.99. The Morgan fingerprint density at radius 3 is 2.36 bits per heavy atom. The molecular formula is C13H8BrClF5NS. The van der Waals surface area contributed by atoms with Gasteiger partial charge in [0.15, 0.2) is 5.03 Å². The highest BCUT2D eigenvalue weighted by molar-refractivity contribution is 9.10. The van der Waals surface area contributed by atoms with E-state index in [2.05, 4.69) is 20.9 Å². The van der Waals surface area contributed by atoms with E-state index in [1.807, 2.05) is 0 Å². The van der Waals surface area contributed by atoms with Gasteiger partial charge >= 0.3 is 0 Å². The molecule has 0 atom stereocenters. The van der Waals surface area contributed by atoms with Crippen LogP contribution in [-0.4, -0.2) is 4.98 Å². The Morgan fingerprint density at radius 2 is 1.82 bits per heavy atom. The number of halogens is 7. The van der Waals surface area contributed by atoms with Crippen molar-refractivity contribution in [3.8, 4) is 0 Å². The SMILES string of the molecule is Fc1cccc(C(Cl)=CS(F)(F)(F)(F)c2ccc(Br)cn2)c1. The van der Waals surface area contributed by atoms with E-state index in [9.17, 15) is 19.9 Å². The van der Waals surface area contributed by atoms with Crippen LogP contribution in [0.3, 0.4) is 0 Å². The highest BCUT2D eigenvalue weighted by Crippen LogP contribution is 3.01. The van der Waals surface area contributed by atoms with Crippen LogP contribution >= 0.6 is 37.4 Å². The molecule has 1 nitrogen and oxygen atoms in total. The van der Waals surface area contributed by atoms with Crippen LogP contribution in [0.25, 0.3) is 5.03 Å². The van der Waals surface area contributed by atoms with Crippen molar-refractivity contribution in [3.05, 3.63) is 63.9 Å². The summed E-state index contributed by atoms with van der Waals surface area (Å²) in [6.45, 7) is 0. The third-order valence-electron chi connectivity index (χ3n) is 2.58. The second-order valence-corrected chi connectivity index (χ2v) is 8.67. The summed E-state index contributed by atoms with van der Waals surface area (Å²) in [5, 5.41) is -3.26. The first-order valence-electron chi connectivity index (χ1n) is 5.67. The quantitative estimate of drug-likeness (QED) is 0.487. The topological polar surface area (TPSA) is 12.9 Å². The minimum atomic E-state index is -8.84. The number of hydrogen-bond acceptors (Lipinski definition) is 1. The zero-order chi connectivity index (χ0) is 16.7. The van der Waals surface area contributed by atoms with Crippen LogP contribution in [-0.2, 0) is 0 Å². The lowest BCUT2D eigenvalue weighted by Gasteiger charge is -2.46. The summed E-state index contributed by atoms with van der Waals surface area (Å²) in [6.07, 6.45) is 0.831. The average molecular weight is 421 g/mol. The van der Waals surface area contributed by atoms with Crippen LogP contribution in [0, 0.1) is 5.82 Å². The summed E-state index contributed by atoms with van der Waals surface area (Å²) in [5.41, 5.74) is -0.283. The van der Waals surface area contributed by atoms with Crippen molar-refractivity contribution in [2.45, 2.75) is 5.03 Å². The maximum atomic E-state index is 14.2. The lowest BCUT2D eigenvalue weighted by Crippen LogP contribution is -2.12. The van der Waals surface area contributed by atoms with Gasteiger partial charge in [-0.15, -0.1) is 15.5 Å². The molecule has 120 valence electrons. The molecule has 0 aliphatic heterocycles.